The lowest BCUT2D eigenvalue weighted by molar-refractivity contribution is 0.348. The van der Waals surface area contributed by atoms with Crippen molar-refractivity contribution in [2.24, 2.45) is 7.05 Å². The van der Waals surface area contributed by atoms with Crippen LogP contribution in [0.2, 0.25) is 5.02 Å². The van der Waals surface area contributed by atoms with Crippen LogP contribution < -0.4 is 0 Å². The molecule has 2 aromatic rings. The fraction of sp³-hybridized carbons (Fsp3) is 0.400. The molecular formula is C15H20ClN3O2S. The van der Waals surface area contributed by atoms with Gasteiger partial charge in [0.05, 0.1) is 11.2 Å². The van der Waals surface area contributed by atoms with Crippen molar-refractivity contribution in [1.82, 2.24) is 14.1 Å². The van der Waals surface area contributed by atoms with Crippen LogP contribution in [0.25, 0.3) is 0 Å². The van der Waals surface area contributed by atoms with Crippen LogP contribution in [0, 0.1) is 6.92 Å². The van der Waals surface area contributed by atoms with Crippen LogP contribution in [-0.2, 0) is 23.6 Å². The number of aromatic nitrogens is 2. The summed E-state index contributed by atoms with van der Waals surface area (Å²) in [6.45, 7) is 5.82. The van der Waals surface area contributed by atoms with Gasteiger partial charge in [0, 0.05) is 31.4 Å². The Morgan fingerprint density at radius 2 is 2.05 bits per heavy atom. The fourth-order valence-corrected chi connectivity index (χ4v) is 4.42. The number of hydrogen-bond donors (Lipinski definition) is 0. The molecule has 0 aliphatic heterocycles. The van der Waals surface area contributed by atoms with E-state index in [2.05, 4.69) is 5.10 Å². The highest BCUT2D eigenvalue weighted by molar-refractivity contribution is 7.89. The number of hydrogen-bond acceptors (Lipinski definition) is 3. The third-order valence-electron chi connectivity index (χ3n) is 3.35. The second kappa shape index (κ2) is 6.40. The minimum Gasteiger partial charge on any atom is -0.275 e. The zero-order valence-corrected chi connectivity index (χ0v) is 14.7. The van der Waals surface area contributed by atoms with Gasteiger partial charge in [0.15, 0.2) is 0 Å². The maximum absolute atomic E-state index is 12.9. The molecule has 0 N–H and O–H groups in total. The van der Waals surface area contributed by atoms with Crippen LogP contribution in [-0.4, -0.2) is 28.5 Å². The summed E-state index contributed by atoms with van der Waals surface area (Å²) in [4.78, 5) is 0.136. The predicted molar refractivity (Wildman–Crippen MR) is 87.3 cm³/mol. The van der Waals surface area contributed by atoms with E-state index >= 15 is 0 Å². The molecule has 1 heterocycles. The van der Waals surface area contributed by atoms with Crippen molar-refractivity contribution in [2.45, 2.75) is 38.3 Å². The van der Waals surface area contributed by atoms with Crippen molar-refractivity contribution in [2.75, 3.05) is 0 Å². The molecule has 0 radical (unpaired) electrons. The Balaban J connectivity index is 2.42. The number of halogens is 1. The summed E-state index contributed by atoms with van der Waals surface area (Å²) in [5.41, 5.74) is 1.76. The summed E-state index contributed by atoms with van der Waals surface area (Å²) < 4.78 is 28.9. The molecule has 7 heteroatoms. The summed E-state index contributed by atoms with van der Waals surface area (Å²) in [6, 6.07) is 4.78. The molecule has 22 heavy (non-hydrogen) atoms. The minimum absolute atomic E-state index is 0.136. The van der Waals surface area contributed by atoms with Gasteiger partial charge in [-0.1, -0.05) is 17.7 Å². The molecule has 0 saturated carbocycles. The van der Waals surface area contributed by atoms with Gasteiger partial charge in [-0.05, 0) is 38.5 Å². The summed E-state index contributed by atoms with van der Waals surface area (Å²) in [7, 11) is -1.87. The van der Waals surface area contributed by atoms with E-state index in [-0.39, 0.29) is 22.5 Å². The third kappa shape index (κ3) is 3.51. The Morgan fingerprint density at radius 3 is 2.55 bits per heavy atom. The zero-order chi connectivity index (χ0) is 16.5. The fourth-order valence-electron chi connectivity index (χ4n) is 2.22. The second-order valence-corrected chi connectivity index (χ2v) is 7.87. The highest BCUT2D eigenvalue weighted by Gasteiger charge is 2.29. The van der Waals surface area contributed by atoms with Crippen molar-refractivity contribution < 1.29 is 8.42 Å². The Bertz CT molecular complexity index is 769. The lowest BCUT2D eigenvalue weighted by atomic mass is 10.2. The van der Waals surface area contributed by atoms with Gasteiger partial charge in [0.2, 0.25) is 10.0 Å². The van der Waals surface area contributed by atoms with E-state index < -0.39 is 10.0 Å². The first-order chi connectivity index (χ1) is 10.2. The van der Waals surface area contributed by atoms with E-state index in [4.69, 9.17) is 11.6 Å². The average Bonchev–Trinajstić information content (AvgIpc) is 2.80. The largest absolute Gasteiger partial charge is 0.275 e. The van der Waals surface area contributed by atoms with E-state index in [1.54, 1.807) is 36.1 Å². The molecule has 2 rings (SSSR count). The third-order valence-corrected chi connectivity index (χ3v) is 5.85. The molecular weight excluding hydrogens is 322 g/mol. The molecule has 0 fully saturated rings. The van der Waals surface area contributed by atoms with Crippen molar-refractivity contribution in [1.29, 1.82) is 0 Å². The molecule has 1 aromatic carbocycles. The first-order valence-electron chi connectivity index (χ1n) is 6.97. The van der Waals surface area contributed by atoms with Gasteiger partial charge >= 0.3 is 0 Å². The van der Waals surface area contributed by atoms with Gasteiger partial charge < -0.3 is 0 Å². The second-order valence-electron chi connectivity index (χ2n) is 5.60. The molecule has 1 aromatic heterocycles. The number of benzene rings is 1. The van der Waals surface area contributed by atoms with Crippen molar-refractivity contribution >= 4 is 21.6 Å². The van der Waals surface area contributed by atoms with E-state index in [1.165, 1.54) is 4.31 Å². The standard InChI is InChI=1S/C15H20ClN3O2S/c1-11(2)19(10-13-8-17-18(4)9-13)22(20,21)15-6-5-12(3)7-14(15)16/h5-9,11H,10H2,1-4H3. The van der Waals surface area contributed by atoms with Gasteiger partial charge in [-0.15, -0.1) is 0 Å². The SMILES string of the molecule is Cc1ccc(S(=O)(=O)N(Cc2cnn(C)c2)C(C)C)c(Cl)c1. The van der Waals surface area contributed by atoms with Gasteiger partial charge in [0.25, 0.3) is 0 Å². The van der Waals surface area contributed by atoms with Gasteiger partial charge in [-0.25, -0.2) is 8.42 Å². The Morgan fingerprint density at radius 1 is 1.36 bits per heavy atom. The van der Waals surface area contributed by atoms with Gasteiger partial charge in [-0.3, -0.25) is 4.68 Å². The van der Waals surface area contributed by atoms with Crippen LogP contribution in [0.15, 0.2) is 35.5 Å². The Hall–Kier alpha value is -1.37. The first kappa shape index (κ1) is 17.0. The maximum Gasteiger partial charge on any atom is 0.245 e. The summed E-state index contributed by atoms with van der Waals surface area (Å²) >= 11 is 6.15. The van der Waals surface area contributed by atoms with Crippen molar-refractivity contribution in [3.63, 3.8) is 0 Å². The zero-order valence-electron chi connectivity index (χ0n) is 13.1. The van der Waals surface area contributed by atoms with Crippen molar-refractivity contribution in [3.05, 3.63) is 46.7 Å². The summed E-state index contributed by atoms with van der Waals surface area (Å²) in [5, 5.41) is 4.33. The van der Waals surface area contributed by atoms with Crippen LogP contribution in [0.4, 0.5) is 0 Å². The molecule has 0 spiro atoms. The lowest BCUT2D eigenvalue weighted by Gasteiger charge is -2.26. The van der Waals surface area contributed by atoms with Crippen LogP contribution in [0.3, 0.4) is 0 Å². The Kier molecular flexibility index (Phi) is 4.94. The number of rotatable bonds is 5. The summed E-state index contributed by atoms with van der Waals surface area (Å²) in [5.74, 6) is 0. The average molecular weight is 342 g/mol. The smallest absolute Gasteiger partial charge is 0.245 e. The quantitative estimate of drug-likeness (QED) is 0.840. The molecule has 0 amide bonds. The summed E-state index contributed by atoms with van der Waals surface area (Å²) in [6.07, 6.45) is 3.48. The molecule has 0 unspecified atom stereocenters. The molecule has 0 aliphatic carbocycles. The number of sulfonamides is 1. The van der Waals surface area contributed by atoms with Crippen molar-refractivity contribution in [3.8, 4) is 0 Å². The van der Waals surface area contributed by atoms with Crippen LogP contribution in [0.1, 0.15) is 25.0 Å². The Labute approximate surface area is 136 Å². The van der Waals surface area contributed by atoms with Crippen LogP contribution >= 0.6 is 11.6 Å². The number of aryl methyl sites for hydroxylation is 2. The van der Waals surface area contributed by atoms with E-state index in [9.17, 15) is 8.42 Å². The lowest BCUT2D eigenvalue weighted by Crippen LogP contribution is -2.36. The minimum atomic E-state index is -3.67. The topological polar surface area (TPSA) is 55.2 Å². The highest BCUT2D eigenvalue weighted by Crippen LogP contribution is 2.28. The predicted octanol–water partition coefficient (Wildman–Crippen LogP) is 2.98. The van der Waals surface area contributed by atoms with Crippen LogP contribution in [0.5, 0.6) is 0 Å². The molecule has 120 valence electrons. The van der Waals surface area contributed by atoms with E-state index in [0.717, 1.165) is 11.1 Å². The maximum atomic E-state index is 12.9. The van der Waals surface area contributed by atoms with E-state index in [0.29, 0.717) is 0 Å². The number of nitrogens with zero attached hydrogens (tertiary/aromatic N) is 3. The monoisotopic (exact) mass is 341 g/mol. The normalized spacial score (nSPS) is 12.3. The van der Waals surface area contributed by atoms with Gasteiger partial charge in [-0.2, -0.15) is 9.40 Å². The highest BCUT2D eigenvalue weighted by atomic mass is 35.5. The molecule has 0 aliphatic rings. The molecule has 5 nitrogen and oxygen atoms in total. The molecule has 0 bridgehead atoms. The first-order valence-corrected chi connectivity index (χ1v) is 8.79. The van der Waals surface area contributed by atoms with E-state index in [1.807, 2.05) is 27.0 Å². The van der Waals surface area contributed by atoms with Gasteiger partial charge in [0.1, 0.15) is 4.90 Å². The molecule has 0 saturated heterocycles. The molecule has 0 atom stereocenters.